The molecule has 9 nitrogen and oxygen atoms in total. The van der Waals surface area contributed by atoms with Gasteiger partial charge in [0.25, 0.3) is 0 Å². The molecule has 21 heavy (non-hydrogen) atoms. The number of carboxylic acid groups (broad SMARTS) is 2. The summed E-state index contributed by atoms with van der Waals surface area (Å²) in [5.41, 5.74) is 5.23. The van der Waals surface area contributed by atoms with E-state index in [0.717, 1.165) is 0 Å². The molecule has 6 N–H and O–H groups in total. The quantitative estimate of drug-likeness (QED) is 0.175. The molecular formula is C10H17N3O6SSn. The third-order valence-electron chi connectivity index (χ3n) is 2.25. The summed E-state index contributed by atoms with van der Waals surface area (Å²) < 4.78 is 0. The standard InChI is InChI=1S/C10H17N3O6S.Sn/c11-5(10(18)19)1-2-7(14)13-6(4-20)9(17)12-3-8(15)16;/h5-6,20H,1-4,11H2,(H,12,17)(H,13,14)(H,15,16)(H,18,19);/t5-,6-;/m0./s1. The number of carbonyl (C=O) groups is 4. The first-order chi connectivity index (χ1) is 9.27. The van der Waals surface area contributed by atoms with E-state index in [1.165, 1.54) is 0 Å². The van der Waals surface area contributed by atoms with Crippen LogP contribution < -0.4 is 16.4 Å². The monoisotopic (exact) mass is 427 g/mol. The normalized spacial score (nSPS) is 12.5. The molecule has 11 heteroatoms. The van der Waals surface area contributed by atoms with E-state index < -0.39 is 42.4 Å². The number of rotatable bonds is 9. The van der Waals surface area contributed by atoms with Gasteiger partial charge in [0.05, 0.1) is 0 Å². The number of hydrogen-bond acceptors (Lipinski definition) is 6. The average molecular weight is 426 g/mol. The Bertz CT molecular complexity index is 395. The molecule has 0 spiro atoms. The maximum atomic E-state index is 11.5. The van der Waals surface area contributed by atoms with Crippen LogP contribution in [0.25, 0.3) is 0 Å². The molecule has 0 aliphatic rings. The fourth-order valence-corrected chi connectivity index (χ4v) is 1.41. The zero-order chi connectivity index (χ0) is 15.7. The number of carbonyl (C=O) groups excluding carboxylic acids is 2. The zero-order valence-corrected chi connectivity index (χ0v) is 14.8. The molecule has 0 bridgehead atoms. The number of thiol groups is 1. The first-order valence-corrected chi connectivity index (χ1v) is 6.29. The summed E-state index contributed by atoms with van der Waals surface area (Å²) in [7, 11) is 0. The molecule has 0 rings (SSSR count). The van der Waals surface area contributed by atoms with Gasteiger partial charge in [0, 0.05) is 36.1 Å². The molecule has 0 aromatic heterocycles. The van der Waals surface area contributed by atoms with Gasteiger partial charge in [-0.15, -0.1) is 0 Å². The van der Waals surface area contributed by atoms with Crippen molar-refractivity contribution in [2.45, 2.75) is 24.9 Å². The minimum Gasteiger partial charge on any atom is -0.480 e. The van der Waals surface area contributed by atoms with Crippen molar-refractivity contribution in [1.82, 2.24) is 10.6 Å². The maximum absolute atomic E-state index is 11.5. The Morgan fingerprint density at radius 3 is 2.19 bits per heavy atom. The molecule has 118 valence electrons. The third kappa shape index (κ3) is 10.4. The van der Waals surface area contributed by atoms with Gasteiger partial charge >= 0.3 is 11.9 Å². The summed E-state index contributed by atoms with van der Waals surface area (Å²) in [6.45, 7) is -0.567. The second-order valence-electron chi connectivity index (χ2n) is 3.90. The first kappa shape index (κ1) is 22.3. The topological polar surface area (TPSA) is 159 Å². The molecule has 0 fully saturated rings. The Labute approximate surface area is 143 Å². The van der Waals surface area contributed by atoms with Crippen LogP contribution in [-0.2, 0) is 19.2 Å². The summed E-state index contributed by atoms with van der Waals surface area (Å²) in [5, 5.41) is 21.4. The Kier molecular flexibility index (Phi) is 12.3. The van der Waals surface area contributed by atoms with Crippen molar-refractivity contribution in [3.8, 4) is 0 Å². The molecule has 2 amide bonds. The number of hydrogen-bond donors (Lipinski definition) is 6. The minimum absolute atomic E-state index is 0. The molecule has 0 unspecified atom stereocenters. The van der Waals surface area contributed by atoms with Crippen LogP contribution in [0.15, 0.2) is 0 Å². The molecule has 2 atom stereocenters. The first-order valence-electron chi connectivity index (χ1n) is 5.66. The van der Waals surface area contributed by atoms with E-state index in [9.17, 15) is 19.2 Å². The number of aliphatic carboxylic acids is 2. The van der Waals surface area contributed by atoms with Crippen molar-refractivity contribution >= 4 is 60.3 Å². The van der Waals surface area contributed by atoms with E-state index in [-0.39, 0.29) is 42.5 Å². The van der Waals surface area contributed by atoms with Gasteiger partial charge < -0.3 is 26.6 Å². The molecule has 0 saturated carbocycles. The van der Waals surface area contributed by atoms with Gasteiger partial charge in [-0.1, -0.05) is 0 Å². The largest absolute Gasteiger partial charge is 0.480 e. The molecule has 0 aliphatic carbocycles. The maximum Gasteiger partial charge on any atom is 0.322 e. The van der Waals surface area contributed by atoms with Crippen molar-refractivity contribution < 1.29 is 29.4 Å². The van der Waals surface area contributed by atoms with Crippen LogP contribution in [0.2, 0.25) is 0 Å². The van der Waals surface area contributed by atoms with Crippen LogP contribution in [0.5, 0.6) is 0 Å². The van der Waals surface area contributed by atoms with Crippen molar-refractivity contribution in [3.05, 3.63) is 0 Å². The van der Waals surface area contributed by atoms with Gasteiger partial charge in [-0.3, -0.25) is 19.2 Å². The average Bonchev–Trinajstić information content (AvgIpc) is 2.38. The van der Waals surface area contributed by atoms with Crippen LogP contribution in [-0.4, -0.2) is 82.3 Å². The van der Waals surface area contributed by atoms with E-state index in [1.807, 2.05) is 0 Å². The van der Waals surface area contributed by atoms with Crippen molar-refractivity contribution in [2.24, 2.45) is 5.73 Å². The van der Waals surface area contributed by atoms with Gasteiger partial charge in [-0.05, 0) is 6.42 Å². The summed E-state index contributed by atoms with van der Waals surface area (Å²) >= 11 is 3.87. The second-order valence-corrected chi connectivity index (χ2v) is 4.26. The van der Waals surface area contributed by atoms with Crippen molar-refractivity contribution in [2.75, 3.05) is 12.3 Å². The minimum atomic E-state index is -1.22. The van der Waals surface area contributed by atoms with Crippen LogP contribution in [0.4, 0.5) is 0 Å². The van der Waals surface area contributed by atoms with E-state index >= 15 is 0 Å². The number of carboxylic acids is 2. The Morgan fingerprint density at radius 1 is 1.19 bits per heavy atom. The fraction of sp³-hybridized carbons (Fsp3) is 0.600. The molecule has 0 aromatic carbocycles. The summed E-state index contributed by atoms with van der Waals surface area (Å²) in [6.07, 6.45) is -0.235. The fourth-order valence-electron chi connectivity index (χ4n) is 1.16. The van der Waals surface area contributed by atoms with Crippen LogP contribution in [0.1, 0.15) is 12.8 Å². The van der Waals surface area contributed by atoms with Crippen molar-refractivity contribution in [3.63, 3.8) is 0 Å². The van der Waals surface area contributed by atoms with E-state index in [4.69, 9.17) is 15.9 Å². The number of nitrogens with one attached hydrogen (secondary N) is 2. The Balaban J connectivity index is 0. The van der Waals surface area contributed by atoms with E-state index in [1.54, 1.807) is 0 Å². The zero-order valence-electron chi connectivity index (χ0n) is 11.0. The molecule has 0 heterocycles. The predicted molar refractivity (Wildman–Crippen MR) is 77.0 cm³/mol. The second kappa shape index (κ2) is 11.6. The Morgan fingerprint density at radius 2 is 1.76 bits per heavy atom. The summed E-state index contributed by atoms with van der Waals surface area (Å²) in [4.78, 5) is 43.7. The van der Waals surface area contributed by atoms with Crippen LogP contribution in [0.3, 0.4) is 0 Å². The van der Waals surface area contributed by atoms with Gasteiger partial charge in [-0.25, -0.2) is 0 Å². The number of amides is 2. The molecule has 0 aliphatic heterocycles. The van der Waals surface area contributed by atoms with E-state index in [0.29, 0.717) is 0 Å². The van der Waals surface area contributed by atoms with Crippen LogP contribution in [0, 0.1) is 0 Å². The Hall–Kier alpha value is -1.01. The third-order valence-corrected chi connectivity index (χ3v) is 2.61. The van der Waals surface area contributed by atoms with Gasteiger partial charge in [0.2, 0.25) is 11.8 Å². The van der Waals surface area contributed by atoms with Gasteiger partial charge in [0.1, 0.15) is 18.6 Å². The smallest absolute Gasteiger partial charge is 0.322 e. The summed E-state index contributed by atoms with van der Waals surface area (Å²) in [6, 6.07) is -2.15. The number of nitrogens with two attached hydrogens (primary N) is 1. The van der Waals surface area contributed by atoms with Gasteiger partial charge in [-0.2, -0.15) is 12.6 Å². The molecule has 0 aromatic rings. The SMILES string of the molecule is N[C@@H](CCC(=O)N[C@@H](CS)C(=O)NCC(=O)O)C(=O)O.[Sn]. The molecular weight excluding hydrogens is 409 g/mol. The van der Waals surface area contributed by atoms with Crippen LogP contribution >= 0.6 is 12.6 Å². The molecule has 4 radical (unpaired) electrons. The van der Waals surface area contributed by atoms with Gasteiger partial charge in [0.15, 0.2) is 0 Å². The molecule has 0 saturated heterocycles. The predicted octanol–water partition coefficient (Wildman–Crippen LogP) is -2.59. The van der Waals surface area contributed by atoms with E-state index in [2.05, 4.69) is 23.3 Å². The summed E-state index contributed by atoms with van der Waals surface area (Å²) in [5.74, 6) is -3.70. The van der Waals surface area contributed by atoms with Crippen molar-refractivity contribution in [1.29, 1.82) is 0 Å².